The van der Waals surface area contributed by atoms with E-state index in [0.29, 0.717) is 21.6 Å². The summed E-state index contributed by atoms with van der Waals surface area (Å²) < 4.78 is 7.17. The molecule has 1 atom stereocenters. The van der Waals surface area contributed by atoms with E-state index in [-0.39, 0.29) is 12.3 Å². The van der Waals surface area contributed by atoms with E-state index >= 15 is 0 Å². The van der Waals surface area contributed by atoms with Gasteiger partial charge in [-0.1, -0.05) is 29.3 Å². The molecule has 1 aliphatic rings. The van der Waals surface area contributed by atoms with E-state index in [1.807, 2.05) is 0 Å². The maximum atomic E-state index is 12.8. The average molecular weight is 416 g/mol. The number of hydrogen-bond donors (Lipinski definition) is 2. The van der Waals surface area contributed by atoms with Crippen molar-refractivity contribution in [3.63, 3.8) is 0 Å². The molecule has 1 amide bonds. The molecule has 0 radical (unpaired) electrons. The van der Waals surface area contributed by atoms with Crippen LogP contribution in [0.2, 0.25) is 10.0 Å². The summed E-state index contributed by atoms with van der Waals surface area (Å²) in [6.07, 6.45) is 8.39. The van der Waals surface area contributed by atoms with Crippen LogP contribution in [-0.4, -0.2) is 21.9 Å². The standard InChI is InChI=1S/C19H15Cl2N5O2/c20-14-5-4-13(11-15(14)21)12-18(27)25-19(16-3-1-10-28-16)22-8-6-17(24-19)26-9-2-7-23-26/h1-11,24H,12H2,(H,25,27). The first kappa shape index (κ1) is 18.3. The van der Waals surface area contributed by atoms with Crippen molar-refractivity contribution in [2.45, 2.75) is 12.2 Å². The number of furan rings is 1. The fraction of sp³-hybridized carbons (Fsp3) is 0.105. The van der Waals surface area contributed by atoms with Gasteiger partial charge in [-0.3, -0.25) is 4.79 Å². The van der Waals surface area contributed by atoms with Crippen molar-refractivity contribution in [1.29, 1.82) is 0 Å². The lowest BCUT2D eigenvalue weighted by Crippen LogP contribution is -2.56. The van der Waals surface area contributed by atoms with Gasteiger partial charge in [0.2, 0.25) is 5.91 Å². The van der Waals surface area contributed by atoms with E-state index in [2.05, 4.69) is 20.7 Å². The molecule has 142 valence electrons. The van der Waals surface area contributed by atoms with Gasteiger partial charge >= 0.3 is 0 Å². The highest BCUT2D eigenvalue weighted by molar-refractivity contribution is 6.42. The monoisotopic (exact) mass is 415 g/mol. The highest BCUT2D eigenvalue weighted by Gasteiger charge is 2.38. The van der Waals surface area contributed by atoms with Crippen LogP contribution >= 0.6 is 23.2 Å². The van der Waals surface area contributed by atoms with E-state index in [4.69, 9.17) is 27.6 Å². The third-order valence-corrected chi connectivity index (χ3v) is 4.85. The molecule has 1 aromatic carbocycles. The first-order valence-electron chi connectivity index (χ1n) is 8.38. The number of carbonyl (C=O) groups is 1. The number of aliphatic imine (C=N–C) groups is 1. The summed E-state index contributed by atoms with van der Waals surface area (Å²) in [6.45, 7) is 0. The smallest absolute Gasteiger partial charge is 0.269 e. The van der Waals surface area contributed by atoms with Crippen LogP contribution in [0.4, 0.5) is 0 Å². The number of carbonyl (C=O) groups excluding carboxylic acids is 1. The minimum absolute atomic E-state index is 0.0946. The van der Waals surface area contributed by atoms with Gasteiger partial charge in [0.25, 0.3) is 5.79 Å². The first-order chi connectivity index (χ1) is 13.6. The van der Waals surface area contributed by atoms with Crippen molar-refractivity contribution >= 4 is 41.1 Å². The van der Waals surface area contributed by atoms with Crippen LogP contribution in [0.1, 0.15) is 11.3 Å². The molecule has 4 rings (SSSR count). The minimum atomic E-state index is -1.30. The van der Waals surface area contributed by atoms with Crippen LogP contribution in [-0.2, 0) is 17.0 Å². The third kappa shape index (κ3) is 3.67. The Balaban J connectivity index is 1.59. The summed E-state index contributed by atoms with van der Waals surface area (Å²) >= 11 is 12.0. The molecule has 7 nitrogen and oxygen atoms in total. The summed E-state index contributed by atoms with van der Waals surface area (Å²) in [4.78, 5) is 17.2. The number of amides is 1. The third-order valence-electron chi connectivity index (χ3n) is 4.11. The van der Waals surface area contributed by atoms with Crippen LogP contribution in [0.15, 0.2) is 70.5 Å². The van der Waals surface area contributed by atoms with Gasteiger partial charge in [0.15, 0.2) is 5.76 Å². The molecule has 0 spiro atoms. The van der Waals surface area contributed by atoms with Crippen molar-refractivity contribution in [2.24, 2.45) is 4.99 Å². The molecule has 2 N–H and O–H groups in total. The van der Waals surface area contributed by atoms with Crippen molar-refractivity contribution in [1.82, 2.24) is 20.4 Å². The zero-order valence-electron chi connectivity index (χ0n) is 14.5. The van der Waals surface area contributed by atoms with Crippen LogP contribution < -0.4 is 10.6 Å². The van der Waals surface area contributed by atoms with Gasteiger partial charge in [-0.05, 0) is 42.0 Å². The molecule has 1 unspecified atom stereocenters. The van der Waals surface area contributed by atoms with Gasteiger partial charge < -0.3 is 15.1 Å². The lowest BCUT2D eigenvalue weighted by Gasteiger charge is -2.33. The van der Waals surface area contributed by atoms with Crippen LogP contribution in [0, 0.1) is 0 Å². The molecule has 0 saturated carbocycles. The molecule has 3 aromatic rings. The van der Waals surface area contributed by atoms with Gasteiger partial charge in [-0.25, -0.2) is 9.67 Å². The Labute approximate surface area is 170 Å². The van der Waals surface area contributed by atoms with Crippen LogP contribution in [0.25, 0.3) is 5.82 Å². The zero-order valence-corrected chi connectivity index (χ0v) is 16.0. The number of allylic oxidation sites excluding steroid dienone is 1. The van der Waals surface area contributed by atoms with Gasteiger partial charge in [-0.2, -0.15) is 5.10 Å². The number of aromatic nitrogens is 2. The number of benzene rings is 1. The Morgan fingerprint density at radius 2 is 2.14 bits per heavy atom. The van der Waals surface area contributed by atoms with E-state index in [9.17, 15) is 4.79 Å². The number of nitrogens with zero attached hydrogens (tertiary/aromatic N) is 3. The van der Waals surface area contributed by atoms with Gasteiger partial charge in [0.05, 0.1) is 22.7 Å². The maximum Gasteiger partial charge on any atom is 0.269 e. The van der Waals surface area contributed by atoms with Crippen molar-refractivity contribution in [3.05, 3.63) is 82.5 Å². The van der Waals surface area contributed by atoms with E-state index in [0.717, 1.165) is 5.56 Å². The van der Waals surface area contributed by atoms with Crippen molar-refractivity contribution < 1.29 is 9.21 Å². The summed E-state index contributed by atoms with van der Waals surface area (Å²) in [5.74, 6) is -0.510. The Bertz CT molecular complexity index is 1040. The lowest BCUT2D eigenvalue weighted by atomic mass is 10.1. The Kier molecular flexibility index (Phi) is 4.93. The van der Waals surface area contributed by atoms with E-state index in [1.165, 1.54) is 6.26 Å². The van der Waals surface area contributed by atoms with Crippen molar-refractivity contribution in [3.8, 4) is 0 Å². The topological polar surface area (TPSA) is 84.5 Å². The average Bonchev–Trinajstić information content (AvgIpc) is 3.39. The van der Waals surface area contributed by atoms with Crippen LogP contribution in [0.3, 0.4) is 0 Å². The molecule has 28 heavy (non-hydrogen) atoms. The molecule has 2 aromatic heterocycles. The summed E-state index contributed by atoms with van der Waals surface area (Å²) in [5, 5.41) is 11.1. The fourth-order valence-corrected chi connectivity index (χ4v) is 3.16. The zero-order chi connectivity index (χ0) is 19.6. The molecular weight excluding hydrogens is 401 g/mol. The Morgan fingerprint density at radius 3 is 2.86 bits per heavy atom. The fourth-order valence-electron chi connectivity index (χ4n) is 2.84. The minimum Gasteiger partial charge on any atom is -0.463 e. The SMILES string of the molecule is O=C(Cc1ccc(Cl)c(Cl)c1)NC1(c2ccco2)N=CC=C(n2cccn2)N1. The Morgan fingerprint density at radius 1 is 1.25 bits per heavy atom. The summed E-state index contributed by atoms with van der Waals surface area (Å²) in [5.41, 5.74) is 0.726. The normalized spacial score (nSPS) is 18.4. The van der Waals surface area contributed by atoms with Gasteiger partial charge in [0.1, 0.15) is 5.82 Å². The molecule has 1 aliphatic heterocycles. The number of rotatable bonds is 5. The number of nitrogens with one attached hydrogen (secondary N) is 2. The second kappa shape index (κ2) is 7.53. The largest absolute Gasteiger partial charge is 0.463 e. The van der Waals surface area contributed by atoms with E-state index < -0.39 is 5.79 Å². The maximum absolute atomic E-state index is 12.8. The van der Waals surface area contributed by atoms with E-state index in [1.54, 1.807) is 65.8 Å². The quantitative estimate of drug-likeness (QED) is 0.668. The predicted octanol–water partition coefficient (Wildman–Crippen LogP) is 3.42. The molecule has 0 aliphatic carbocycles. The highest BCUT2D eigenvalue weighted by atomic mass is 35.5. The second-order valence-electron chi connectivity index (χ2n) is 6.07. The van der Waals surface area contributed by atoms with Crippen molar-refractivity contribution in [2.75, 3.05) is 0 Å². The molecular formula is C19H15Cl2N5O2. The van der Waals surface area contributed by atoms with Crippen LogP contribution in [0.5, 0.6) is 0 Å². The number of halogens is 2. The molecule has 0 saturated heterocycles. The highest BCUT2D eigenvalue weighted by Crippen LogP contribution is 2.26. The first-order valence-corrected chi connectivity index (χ1v) is 9.14. The second-order valence-corrected chi connectivity index (χ2v) is 6.88. The molecule has 9 heteroatoms. The molecule has 0 bridgehead atoms. The molecule has 3 heterocycles. The summed E-state index contributed by atoms with van der Waals surface area (Å²) in [7, 11) is 0. The lowest BCUT2D eigenvalue weighted by molar-refractivity contribution is -0.123. The molecule has 0 fully saturated rings. The predicted molar refractivity (Wildman–Crippen MR) is 107 cm³/mol. The Hall–Kier alpha value is -3.03. The van der Waals surface area contributed by atoms with Gasteiger partial charge in [-0.15, -0.1) is 0 Å². The summed E-state index contributed by atoms with van der Waals surface area (Å²) in [6, 6.07) is 10.3. The number of hydrogen-bond acceptors (Lipinski definition) is 5. The van der Waals surface area contributed by atoms with Gasteiger partial charge in [0, 0.05) is 18.6 Å².